The minimum Gasteiger partial charge on any atom is -0.469 e. The molecule has 0 aliphatic carbocycles. The lowest BCUT2D eigenvalue weighted by molar-refractivity contribution is -0.275. The summed E-state index contributed by atoms with van der Waals surface area (Å²) in [7, 11) is 2.21. The van der Waals surface area contributed by atoms with Crippen LogP contribution in [0, 0.1) is 0 Å². The fourth-order valence-corrected chi connectivity index (χ4v) is 3.55. The summed E-state index contributed by atoms with van der Waals surface area (Å²) in [5.74, 6) is -2.15. The maximum absolute atomic E-state index is 13.2. The number of H-pyrrole nitrogens is 1. The normalized spacial score (nSPS) is 16.4. The van der Waals surface area contributed by atoms with Crippen LogP contribution in [-0.2, 0) is 25.5 Å². The SMILES string of the molecule is COC(=O)C[C@@H](NC(=O)N1CCc2[nH]cnc2[C@@H]1c1ccccc1OC(F)(F)F)C(=O)OC. The van der Waals surface area contributed by atoms with Gasteiger partial charge in [0.25, 0.3) is 0 Å². The highest BCUT2D eigenvalue weighted by Gasteiger charge is 2.39. The van der Waals surface area contributed by atoms with Gasteiger partial charge in [0.15, 0.2) is 0 Å². The molecule has 2 N–H and O–H groups in total. The van der Waals surface area contributed by atoms with Crippen LogP contribution >= 0.6 is 0 Å². The van der Waals surface area contributed by atoms with Crippen molar-refractivity contribution in [3.63, 3.8) is 0 Å². The van der Waals surface area contributed by atoms with Gasteiger partial charge >= 0.3 is 24.3 Å². The molecule has 1 aromatic carbocycles. The molecule has 10 nitrogen and oxygen atoms in total. The molecule has 1 aliphatic heterocycles. The van der Waals surface area contributed by atoms with Gasteiger partial charge in [-0.05, 0) is 6.07 Å². The topological polar surface area (TPSA) is 123 Å². The summed E-state index contributed by atoms with van der Waals surface area (Å²) in [6.07, 6.45) is -3.74. The van der Waals surface area contributed by atoms with Crippen LogP contribution in [-0.4, -0.2) is 66.0 Å². The van der Waals surface area contributed by atoms with Gasteiger partial charge in [-0.1, -0.05) is 18.2 Å². The van der Waals surface area contributed by atoms with E-state index in [2.05, 4.69) is 29.5 Å². The second-order valence-electron chi connectivity index (χ2n) is 7.00. The number of halogens is 3. The molecule has 2 aromatic rings. The van der Waals surface area contributed by atoms with E-state index < -0.39 is 48.6 Å². The zero-order valence-electron chi connectivity index (χ0n) is 17.6. The number of ether oxygens (including phenoxy) is 3. The smallest absolute Gasteiger partial charge is 0.469 e. The monoisotopic (exact) mass is 470 g/mol. The molecule has 0 spiro atoms. The van der Waals surface area contributed by atoms with Crippen LogP contribution in [0.3, 0.4) is 0 Å². The van der Waals surface area contributed by atoms with Gasteiger partial charge in [-0.3, -0.25) is 4.79 Å². The Balaban J connectivity index is 1.97. The Bertz CT molecular complexity index is 1030. The summed E-state index contributed by atoms with van der Waals surface area (Å²) in [4.78, 5) is 45.2. The van der Waals surface area contributed by atoms with Crippen LogP contribution in [0.2, 0.25) is 0 Å². The number of rotatable bonds is 6. The number of nitrogens with zero attached hydrogens (tertiary/aromatic N) is 2. The number of aromatic amines is 1. The molecule has 0 saturated heterocycles. The molecule has 2 atom stereocenters. The van der Waals surface area contributed by atoms with Gasteiger partial charge in [0.1, 0.15) is 17.8 Å². The zero-order valence-corrected chi connectivity index (χ0v) is 17.6. The number of carbonyl (C=O) groups is 3. The van der Waals surface area contributed by atoms with Crippen molar-refractivity contribution in [3.05, 3.63) is 47.5 Å². The van der Waals surface area contributed by atoms with Crippen molar-refractivity contribution in [2.45, 2.75) is 31.3 Å². The van der Waals surface area contributed by atoms with Crippen molar-refractivity contribution in [1.82, 2.24) is 20.2 Å². The van der Waals surface area contributed by atoms with E-state index in [1.807, 2.05) is 0 Å². The molecule has 13 heteroatoms. The first-order chi connectivity index (χ1) is 15.6. The van der Waals surface area contributed by atoms with Gasteiger partial charge in [0.2, 0.25) is 0 Å². The number of nitrogens with one attached hydrogen (secondary N) is 2. The van der Waals surface area contributed by atoms with Gasteiger partial charge in [-0.15, -0.1) is 13.2 Å². The Kier molecular flexibility index (Phi) is 7.09. The van der Waals surface area contributed by atoms with Gasteiger partial charge in [0, 0.05) is 24.2 Å². The highest BCUT2D eigenvalue weighted by atomic mass is 19.4. The summed E-state index contributed by atoms with van der Waals surface area (Å²) in [5, 5.41) is 2.40. The van der Waals surface area contributed by atoms with Crippen LogP contribution in [0.1, 0.15) is 29.4 Å². The quantitative estimate of drug-likeness (QED) is 0.620. The van der Waals surface area contributed by atoms with E-state index in [9.17, 15) is 27.6 Å². The number of fused-ring (bicyclic) bond motifs is 1. The third kappa shape index (κ3) is 5.54. The fourth-order valence-electron chi connectivity index (χ4n) is 3.55. The number of hydrogen-bond donors (Lipinski definition) is 2. The number of para-hydroxylation sites is 1. The Morgan fingerprint density at radius 3 is 2.64 bits per heavy atom. The first-order valence-electron chi connectivity index (χ1n) is 9.73. The molecule has 2 heterocycles. The zero-order chi connectivity index (χ0) is 24.2. The van der Waals surface area contributed by atoms with Crippen LogP contribution in [0.5, 0.6) is 5.75 Å². The molecular weight excluding hydrogens is 449 g/mol. The van der Waals surface area contributed by atoms with E-state index in [0.717, 1.165) is 20.3 Å². The number of methoxy groups -OCH3 is 2. The van der Waals surface area contributed by atoms with Crippen LogP contribution in [0.4, 0.5) is 18.0 Å². The van der Waals surface area contributed by atoms with Gasteiger partial charge in [-0.25, -0.2) is 14.6 Å². The number of esters is 2. The lowest BCUT2D eigenvalue weighted by Gasteiger charge is -2.36. The molecule has 0 radical (unpaired) electrons. The molecule has 0 saturated carbocycles. The van der Waals surface area contributed by atoms with Gasteiger partial charge in [0.05, 0.1) is 32.7 Å². The van der Waals surface area contributed by atoms with Crippen LogP contribution in [0.15, 0.2) is 30.6 Å². The van der Waals surface area contributed by atoms with Crippen molar-refractivity contribution < 1.29 is 41.8 Å². The first kappa shape index (κ1) is 23.9. The minimum atomic E-state index is -4.96. The van der Waals surface area contributed by atoms with Crippen molar-refractivity contribution in [1.29, 1.82) is 0 Å². The second kappa shape index (κ2) is 9.79. The number of benzene rings is 1. The predicted molar refractivity (Wildman–Crippen MR) is 105 cm³/mol. The first-order valence-corrected chi connectivity index (χ1v) is 9.73. The molecule has 1 aliphatic rings. The molecule has 0 unspecified atom stereocenters. The molecule has 33 heavy (non-hydrogen) atoms. The average Bonchev–Trinajstić information content (AvgIpc) is 3.25. The Morgan fingerprint density at radius 1 is 1.24 bits per heavy atom. The molecular formula is C20H21F3N4O6. The Hall–Kier alpha value is -3.77. The number of imidazole rings is 1. The van der Waals surface area contributed by atoms with Crippen molar-refractivity contribution in [2.75, 3.05) is 20.8 Å². The van der Waals surface area contributed by atoms with Crippen LogP contribution in [0.25, 0.3) is 0 Å². The summed E-state index contributed by atoms with van der Waals surface area (Å²) < 4.78 is 52.4. The molecule has 0 fully saturated rings. The predicted octanol–water partition coefficient (Wildman–Crippen LogP) is 2.07. The van der Waals surface area contributed by atoms with E-state index >= 15 is 0 Å². The summed E-state index contributed by atoms with van der Waals surface area (Å²) >= 11 is 0. The summed E-state index contributed by atoms with van der Waals surface area (Å²) in [5.41, 5.74) is 1.02. The third-order valence-electron chi connectivity index (χ3n) is 5.01. The highest BCUT2D eigenvalue weighted by Crippen LogP contribution is 2.39. The molecule has 0 bridgehead atoms. The lowest BCUT2D eigenvalue weighted by Crippen LogP contribution is -2.52. The highest BCUT2D eigenvalue weighted by molar-refractivity contribution is 5.87. The van der Waals surface area contributed by atoms with Crippen molar-refractivity contribution in [3.8, 4) is 5.75 Å². The Labute approximate surface area is 186 Å². The number of carbonyl (C=O) groups excluding carboxylic acids is 3. The van der Waals surface area contributed by atoms with E-state index in [1.54, 1.807) is 0 Å². The number of amides is 2. The summed E-state index contributed by atoms with van der Waals surface area (Å²) in [6.45, 7) is 0.0815. The number of hydrogen-bond acceptors (Lipinski definition) is 7. The maximum atomic E-state index is 13.2. The van der Waals surface area contributed by atoms with Gasteiger partial charge in [-0.2, -0.15) is 0 Å². The third-order valence-corrected chi connectivity index (χ3v) is 5.01. The summed E-state index contributed by atoms with van der Waals surface area (Å²) in [6, 6.07) is 2.16. The Morgan fingerprint density at radius 2 is 1.97 bits per heavy atom. The van der Waals surface area contributed by atoms with Crippen molar-refractivity contribution in [2.24, 2.45) is 0 Å². The van der Waals surface area contributed by atoms with Gasteiger partial charge < -0.3 is 29.4 Å². The molecule has 178 valence electrons. The van der Waals surface area contributed by atoms with E-state index in [4.69, 9.17) is 0 Å². The second-order valence-corrected chi connectivity index (χ2v) is 7.00. The lowest BCUT2D eigenvalue weighted by atomic mass is 9.95. The molecule has 1 aromatic heterocycles. The minimum absolute atomic E-state index is 0.0422. The number of aromatic nitrogens is 2. The molecule has 3 rings (SSSR count). The number of alkyl halides is 3. The van der Waals surface area contributed by atoms with Crippen LogP contribution < -0.4 is 10.1 Å². The number of urea groups is 1. The van der Waals surface area contributed by atoms with E-state index in [-0.39, 0.29) is 12.1 Å². The van der Waals surface area contributed by atoms with E-state index in [0.29, 0.717) is 17.8 Å². The average molecular weight is 470 g/mol. The maximum Gasteiger partial charge on any atom is 0.573 e. The van der Waals surface area contributed by atoms with Crippen molar-refractivity contribution >= 4 is 18.0 Å². The standard InChI is InChI=1S/C20H21F3N4O6/c1-31-15(28)9-13(18(29)32-2)26-19(30)27-8-7-12-16(25-10-24-12)17(27)11-5-3-4-6-14(11)33-20(21,22)23/h3-6,10,13,17H,7-9H2,1-2H3,(H,24,25)(H,26,30)/t13-,17+/m1/s1. The van der Waals surface area contributed by atoms with E-state index in [1.165, 1.54) is 29.4 Å². The fraction of sp³-hybridized carbons (Fsp3) is 0.400. The largest absolute Gasteiger partial charge is 0.573 e. The molecule has 2 amide bonds.